The lowest BCUT2D eigenvalue weighted by Gasteiger charge is -2.31. The van der Waals surface area contributed by atoms with E-state index in [-0.39, 0.29) is 34.0 Å². The van der Waals surface area contributed by atoms with E-state index in [0.29, 0.717) is 22.5 Å². The molecule has 5 rings (SSSR count). The summed E-state index contributed by atoms with van der Waals surface area (Å²) in [6, 6.07) is 18.1. The molecule has 4 aromatic rings. The second kappa shape index (κ2) is 9.67. The van der Waals surface area contributed by atoms with E-state index in [1.54, 1.807) is 30.3 Å². The summed E-state index contributed by atoms with van der Waals surface area (Å²) in [5.74, 6) is -1.31. The highest BCUT2D eigenvalue weighted by molar-refractivity contribution is 7.99. The molecule has 0 radical (unpaired) electrons. The summed E-state index contributed by atoms with van der Waals surface area (Å²) in [6.07, 6.45) is 1.23. The first-order valence-corrected chi connectivity index (χ1v) is 13.2. The number of nitrogens with zero attached hydrogens (tertiary/aromatic N) is 3. The Hall–Kier alpha value is -3.83. The normalized spacial score (nSPS) is 13.6. The minimum atomic E-state index is -4.01. The molecule has 3 aromatic carbocycles. The number of fused-ring (bicyclic) bond motifs is 3. The molecule has 1 aromatic heterocycles. The van der Waals surface area contributed by atoms with E-state index in [1.165, 1.54) is 53.0 Å². The van der Waals surface area contributed by atoms with Gasteiger partial charge in [-0.25, -0.2) is 27.2 Å². The van der Waals surface area contributed by atoms with E-state index < -0.39 is 21.7 Å². The molecule has 0 bridgehead atoms. The minimum Gasteiger partial charge on any atom is -0.325 e. The number of sulfonamides is 1. The van der Waals surface area contributed by atoms with Crippen molar-refractivity contribution in [3.63, 3.8) is 0 Å². The first-order chi connectivity index (χ1) is 17.3. The molecular weight excluding hydrogens is 506 g/mol. The van der Waals surface area contributed by atoms with Crippen molar-refractivity contribution in [3.8, 4) is 11.3 Å². The standard InChI is InChI=1S/C25H18F2N4O3S2/c26-17-10-8-16(9-11-17)14-31-21-7-2-1-6-20(21)24-22(36(31,33)34)13-28-25(30-24)35-15-23(32)29-19-5-3-4-18(27)12-19/h1-13H,14-15H2,(H,29,32). The molecule has 0 saturated heterocycles. The van der Waals surface area contributed by atoms with Gasteiger partial charge >= 0.3 is 0 Å². The van der Waals surface area contributed by atoms with Gasteiger partial charge in [-0.15, -0.1) is 0 Å². The molecule has 0 fully saturated rings. The molecule has 2 heterocycles. The summed E-state index contributed by atoms with van der Waals surface area (Å²) < 4.78 is 55.0. The fourth-order valence-corrected chi connectivity index (χ4v) is 5.94. The molecule has 7 nitrogen and oxygen atoms in total. The van der Waals surface area contributed by atoms with Crippen molar-refractivity contribution in [1.29, 1.82) is 0 Å². The van der Waals surface area contributed by atoms with E-state index in [4.69, 9.17) is 0 Å². The van der Waals surface area contributed by atoms with Crippen LogP contribution >= 0.6 is 11.8 Å². The Balaban J connectivity index is 1.41. The van der Waals surface area contributed by atoms with Gasteiger partial charge in [0, 0.05) is 11.3 Å². The maximum Gasteiger partial charge on any atom is 0.268 e. The van der Waals surface area contributed by atoms with Gasteiger partial charge in [0.25, 0.3) is 10.0 Å². The van der Waals surface area contributed by atoms with Crippen molar-refractivity contribution in [2.45, 2.75) is 16.6 Å². The minimum absolute atomic E-state index is 0.00974. The van der Waals surface area contributed by atoms with Gasteiger partial charge in [0.1, 0.15) is 16.5 Å². The van der Waals surface area contributed by atoms with Crippen LogP contribution in [0.2, 0.25) is 0 Å². The second-order valence-electron chi connectivity index (χ2n) is 7.87. The van der Waals surface area contributed by atoms with Gasteiger partial charge in [-0.05, 0) is 42.0 Å². The van der Waals surface area contributed by atoms with Crippen LogP contribution in [0.25, 0.3) is 11.3 Å². The van der Waals surface area contributed by atoms with Crippen molar-refractivity contribution < 1.29 is 22.0 Å². The average molecular weight is 525 g/mol. The van der Waals surface area contributed by atoms with Crippen LogP contribution in [-0.2, 0) is 21.4 Å². The molecule has 0 aliphatic carbocycles. The fraction of sp³-hybridized carbons (Fsp3) is 0.0800. The van der Waals surface area contributed by atoms with Gasteiger partial charge in [-0.1, -0.05) is 48.2 Å². The van der Waals surface area contributed by atoms with Crippen LogP contribution < -0.4 is 9.62 Å². The van der Waals surface area contributed by atoms with Crippen LogP contribution in [0.4, 0.5) is 20.2 Å². The van der Waals surface area contributed by atoms with Crippen LogP contribution in [0.1, 0.15) is 5.56 Å². The molecule has 0 spiro atoms. The third-order valence-electron chi connectivity index (χ3n) is 5.41. The van der Waals surface area contributed by atoms with Gasteiger partial charge in [0.2, 0.25) is 5.91 Å². The molecule has 11 heteroatoms. The highest BCUT2D eigenvalue weighted by Crippen LogP contribution is 2.42. The SMILES string of the molecule is O=C(CSc1ncc2c(n1)-c1ccccc1N(Cc1ccc(F)cc1)S2(=O)=O)Nc1cccc(F)c1. The third kappa shape index (κ3) is 4.79. The molecule has 1 amide bonds. The average Bonchev–Trinajstić information content (AvgIpc) is 2.86. The van der Waals surface area contributed by atoms with E-state index >= 15 is 0 Å². The Morgan fingerprint density at radius 1 is 0.972 bits per heavy atom. The number of aromatic nitrogens is 2. The predicted octanol–water partition coefficient (Wildman–Crippen LogP) is 4.86. The number of carbonyl (C=O) groups excluding carboxylic acids is 1. The molecule has 36 heavy (non-hydrogen) atoms. The van der Waals surface area contributed by atoms with E-state index in [0.717, 1.165) is 11.8 Å². The summed E-state index contributed by atoms with van der Waals surface area (Å²) >= 11 is 1.03. The number of benzene rings is 3. The lowest BCUT2D eigenvalue weighted by atomic mass is 10.1. The molecular formula is C25H18F2N4O3S2. The van der Waals surface area contributed by atoms with Crippen LogP contribution in [0, 0.1) is 11.6 Å². The number of halogens is 2. The number of hydrogen-bond donors (Lipinski definition) is 1. The monoisotopic (exact) mass is 524 g/mol. The summed E-state index contributed by atoms with van der Waals surface area (Å²) in [7, 11) is -4.01. The van der Waals surface area contributed by atoms with Crippen molar-refractivity contribution in [2.75, 3.05) is 15.4 Å². The largest absolute Gasteiger partial charge is 0.325 e. The summed E-state index contributed by atoms with van der Waals surface area (Å²) in [6.45, 7) is 0.00974. The van der Waals surface area contributed by atoms with Gasteiger partial charge in [-0.3, -0.25) is 9.10 Å². The Bertz CT molecular complexity index is 1560. The number of nitrogens with one attached hydrogen (secondary N) is 1. The summed E-state index contributed by atoms with van der Waals surface area (Å²) in [5, 5.41) is 2.82. The van der Waals surface area contributed by atoms with Crippen LogP contribution in [-0.4, -0.2) is 30.0 Å². The Morgan fingerprint density at radius 2 is 1.75 bits per heavy atom. The molecule has 182 valence electrons. The van der Waals surface area contributed by atoms with E-state index in [9.17, 15) is 22.0 Å². The van der Waals surface area contributed by atoms with Crippen molar-refractivity contribution >= 4 is 39.1 Å². The van der Waals surface area contributed by atoms with E-state index in [2.05, 4.69) is 15.3 Å². The number of carbonyl (C=O) groups is 1. The van der Waals surface area contributed by atoms with E-state index in [1.807, 2.05) is 0 Å². The van der Waals surface area contributed by atoms with Gasteiger partial charge in [0.05, 0.1) is 29.9 Å². The fourth-order valence-electron chi connectivity index (χ4n) is 3.76. The highest BCUT2D eigenvalue weighted by Gasteiger charge is 2.36. The second-order valence-corrected chi connectivity index (χ2v) is 10.6. The Labute approximate surface area is 210 Å². The Kier molecular flexibility index (Phi) is 6.42. The molecule has 1 N–H and O–H groups in total. The van der Waals surface area contributed by atoms with Crippen molar-refractivity contribution in [3.05, 3.63) is 96.2 Å². The topological polar surface area (TPSA) is 92.3 Å². The third-order valence-corrected chi connectivity index (χ3v) is 8.03. The smallest absolute Gasteiger partial charge is 0.268 e. The van der Waals surface area contributed by atoms with Crippen molar-refractivity contribution in [2.24, 2.45) is 0 Å². The van der Waals surface area contributed by atoms with Crippen molar-refractivity contribution in [1.82, 2.24) is 9.97 Å². The number of amides is 1. The van der Waals surface area contributed by atoms with Crippen LogP contribution in [0.3, 0.4) is 0 Å². The zero-order valence-corrected chi connectivity index (χ0v) is 20.2. The highest BCUT2D eigenvalue weighted by atomic mass is 32.2. The lowest BCUT2D eigenvalue weighted by Crippen LogP contribution is -2.34. The first kappa shape index (κ1) is 23.9. The van der Waals surface area contributed by atoms with Crippen LogP contribution in [0.15, 0.2) is 89.0 Å². The molecule has 0 unspecified atom stereocenters. The van der Waals surface area contributed by atoms with Crippen LogP contribution in [0.5, 0.6) is 0 Å². The van der Waals surface area contributed by atoms with Gasteiger partial charge < -0.3 is 5.32 Å². The van der Waals surface area contributed by atoms with Gasteiger partial charge in [-0.2, -0.15) is 0 Å². The Morgan fingerprint density at radius 3 is 2.53 bits per heavy atom. The molecule has 0 atom stereocenters. The molecule has 1 aliphatic heterocycles. The number of hydrogen-bond acceptors (Lipinski definition) is 6. The predicted molar refractivity (Wildman–Crippen MR) is 133 cm³/mol. The number of thioether (sulfide) groups is 1. The number of anilines is 2. The maximum atomic E-state index is 13.5. The summed E-state index contributed by atoms with van der Waals surface area (Å²) in [5.41, 5.74) is 2.22. The molecule has 0 saturated carbocycles. The lowest BCUT2D eigenvalue weighted by molar-refractivity contribution is -0.113. The molecule has 1 aliphatic rings. The number of para-hydroxylation sites is 1. The first-order valence-electron chi connectivity index (χ1n) is 10.7. The summed E-state index contributed by atoms with van der Waals surface area (Å²) in [4.78, 5) is 20.8. The quantitative estimate of drug-likeness (QED) is 0.286. The maximum absolute atomic E-state index is 13.5. The zero-order valence-electron chi connectivity index (χ0n) is 18.6. The number of rotatable bonds is 6. The zero-order chi connectivity index (χ0) is 25.3. The van der Waals surface area contributed by atoms with Gasteiger partial charge in [0.15, 0.2) is 5.16 Å².